The van der Waals surface area contributed by atoms with Crippen LogP contribution in [0.1, 0.15) is 6.92 Å². The molecule has 0 aliphatic carbocycles. The number of β-amino-alcohol motifs (C(OH)–C–C–N with tert-alkyl or cyclic N) is 1. The smallest absolute Gasteiger partial charge is 0.109 e. The van der Waals surface area contributed by atoms with Gasteiger partial charge in [0.1, 0.15) is 12.2 Å². The van der Waals surface area contributed by atoms with Crippen LogP contribution in [0.15, 0.2) is 0 Å². The molecule has 5 nitrogen and oxygen atoms in total. The van der Waals surface area contributed by atoms with E-state index in [4.69, 9.17) is 5.11 Å². The van der Waals surface area contributed by atoms with Crippen molar-refractivity contribution in [2.24, 2.45) is 0 Å². The van der Waals surface area contributed by atoms with Gasteiger partial charge in [0.05, 0.1) is 18.8 Å². The van der Waals surface area contributed by atoms with Crippen LogP contribution in [0.25, 0.3) is 0 Å². The second-order valence-electron chi connectivity index (χ2n) is 3.39. The number of aliphatic hydroxyl groups is 4. The van der Waals surface area contributed by atoms with Crippen LogP contribution in [0.4, 0.5) is 0 Å². The molecule has 1 aliphatic rings. The van der Waals surface area contributed by atoms with E-state index in [1.807, 2.05) is 6.92 Å². The minimum atomic E-state index is -1.15. The first kappa shape index (κ1) is 10.9. The van der Waals surface area contributed by atoms with Crippen molar-refractivity contribution < 1.29 is 20.4 Å². The second kappa shape index (κ2) is 4.34. The molecule has 1 heterocycles. The highest BCUT2D eigenvalue weighted by molar-refractivity contribution is 4.93. The Morgan fingerprint density at radius 2 is 1.85 bits per heavy atom. The molecule has 0 spiro atoms. The lowest BCUT2D eigenvalue weighted by molar-refractivity contribution is -0.143. The van der Waals surface area contributed by atoms with Crippen LogP contribution in [-0.2, 0) is 0 Å². The zero-order valence-electron chi connectivity index (χ0n) is 7.67. The van der Waals surface area contributed by atoms with Crippen LogP contribution in [0.3, 0.4) is 0 Å². The topological polar surface area (TPSA) is 84.2 Å². The number of hydrogen-bond donors (Lipinski definition) is 4. The average molecular weight is 191 g/mol. The summed E-state index contributed by atoms with van der Waals surface area (Å²) in [7, 11) is 0. The Bertz CT molecular complexity index is 164. The number of piperidine rings is 1. The Labute approximate surface area is 77.2 Å². The van der Waals surface area contributed by atoms with Gasteiger partial charge in [0.2, 0.25) is 0 Å². The molecule has 0 aromatic heterocycles. The van der Waals surface area contributed by atoms with Gasteiger partial charge in [-0.25, -0.2) is 0 Å². The van der Waals surface area contributed by atoms with E-state index in [9.17, 15) is 15.3 Å². The summed E-state index contributed by atoms with van der Waals surface area (Å²) in [5, 5.41) is 37.1. The molecule has 5 heteroatoms. The third kappa shape index (κ3) is 2.00. The van der Waals surface area contributed by atoms with Crippen molar-refractivity contribution in [1.29, 1.82) is 0 Å². The van der Waals surface area contributed by atoms with E-state index >= 15 is 0 Å². The molecule has 4 atom stereocenters. The van der Waals surface area contributed by atoms with Crippen molar-refractivity contribution >= 4 is 0 Å². The van der Waals surface area contributed by atoms with Crippen LogP contribution in [0.5, 0.6) is 0 Å². The molecule has 0 saturated carbocycles. The van der Waals surface area contributed by atoms with Crippen molar-refractivity contribution in [1.82, 2.24) is 4.90 Å². The highest BCUT2D eigenvalue weighted by Gasteiger charge is 2.40. The van der Waals surface area contributed by atoms with Gasteiger partial charge in [-0.05, 0) is 6.54 Å². The van der Waals surface area contributed by atoms with Gasteiger partial charge < -0.3 is 20.4 Å². The summed E-state index contributed by atoms with van der Waals surface area (Å²) in [5.74, 6) is 0. The molecule has 0 aromatic rings. The molecule has 78 valence electrons. The summed E-state index contributed by atoms with van der Waals surface area (Å²) in [4.78, 5) is 1.75. The Morgan fingerprint density at radius 1 is 1.23 bits per heavy atom. The van der Waals surface area contributed by atoms with Gasteiger partial charge >= 0.3 is 0 Å². The quantitative estimate of drug-likeness (QED) is 0.397. The molecule has 1 aliphatic heterocycles. The summed E-state index contributed by atoms with van der Waals surface area (Å²) in [6, 6.07) is -0.469. The molecule has 13 heavy (non-hydrogen) atoms. The van der Waals surface area contributed by atoms with E-state index in [2.05, 4.69) is 0 Å². The van der Waals surface area contributed by atoms with E-state index in [0.29, 0.717) is 13.1 Å². The number of likely N-dealkylation sites (N-methyl/N-ethyl adjacent to an activating group) is 1. The summed E-state index contributed by atoms with van der Waals surface area (Å²) in [5.41, 5.74) is 0. The summed E-state index contributed by atoms with van der Waals surface area (Å²) >= 11 is 0. The number of nitrogens with zero attached hydrogens (tertiary/aromatic N) is 1. The first-order valence-electron chi connectivity index (χ1n) is 4.51. The summed E-state index contributed by atoms with van der Waals surface area (Å²) in [6.45, 7) is 2.59. The van der Waals surface area contributed by atoms with Crippen LogP contribution < -0.4 is 0 Å². The van der Waals surface area contributed by atoms with E-state index in [-0.39, 0.29) is 6.61 Å². The lowest BCUT2D eigenvalue weighted by Gasteiger charge is -2.42. The van der Waals surface area contributed by atoms with Crippen molar-refractivity contribution in [3.05, 3.63) is 0 Å². The Kier molecular flexibility index (Phi) is 3.63. The third-order valence-corrected chi connectivity index (χ3v) is 2.62. The van der Waals surface area contributed by atoms with Crippen molar-refractivity contribution in [2.75, 3.05) is 19.7 Å². The molecule has 1 fully saturated rings. The SMILES string of the molecule is CCN1C[C@H](O)[C@@H](O)[C@H](O)[C@@H]1CO. The van der Waals surface area contributed by atoms with E-state index in [1.165, 1.54) is 0 Å². The third-order valence-electron chi connectivity index (χ3n) is 2.62. The van der Waals surface area contributed by atoms with E-state index in [0.717, 1.165) is 0 Å². The zero-order valence-corrected chi connectivity index (χ0v) is 7.67. The Hall–Kier alpha value is -0.200. The van der Waals surface area contributed by atoms with E-state index in [1.54, 1.807) is 4.90 Å². The molecule has 1 rings (SSSR count). The minimum absolute atomic E-state index is 0.210. The molecule has 0 unspecified atom stereocenters. The monoisotopic (exact) mass is 191 g/mol. The minimum Gasteiger partial charge on any atom is -0.395 e. The Balaban J connectivity index is 2.69. The predicted molar refractivity (Wildman–Crippen MR) is 46.1 cm³/mol. The average Bonchev–Trinajstić information content (AvgIpc) is 2.13. The molecule has 4 N–H and O–H groups in total. The summed E-state index contributed by atoms with van der Waals surface area (Å²) in [6.07, 6.45) is -3.16. The molecule has 0 radical (unpaired) electrons. The van der Waals surface area contributed by atoms with E-state index < -0.39 is 24.4 Å². The van der Waals surface area contributed by atoms with Crippen molar-refractivity contribution in [3.63, 3.8) is 0 Å². The maximum Gasteiger partial charge on any atom is 0.109 e. The van der Waals surface area contributed by atoms with Gasteiger partial charge in [-0.15, -0.1) is 0 Å². The highest BCUT2D eigenvalue weighted by Crippen LogP contribution is 2.18. The fourth-order valence-corrected chi connectivity index (χ4v) is 1.74. The lowest BCUT2D eigenvalue weighted by Crippen LogP contribution is -2.62. The van der Waals surface area contributed by atoms with Crippen LogP contribution in [-0.4, -0.2) is 69.4 Å². The standard InChI is InChI=1S/C8H17NO4/c1-2-9-3-6(11)8(13)7(12)5(9)4-10/h5-8,10-13H,2-4H2,1H3/t5-,6-,7+,8+/m0/s1. The number of likely N-dealkylation sites (tertiary alicyclic amines) is 1. The van der Waals surface area contributed by atoms with Crippen LogP contribution in [0.2, 0.25) is 0 Å². The van der Waals surface area contributed by atoms with Gasteiger partial charge in [0.15, 0.2) is 0 Å². The largest absolute Gasteiger partial charge is 0.395 e. The van der Waals surface area contributed by atoms with Gasteiger partial charge in [-0.1, -0.05) is 6.92 Å². The zero-order chi connectivity index (χ0) is 10.0. The van der Waals surface area contributed by atoms with Crippen molar-refractivity contribution in [2.45, 2.75) is 31.3 Å². The number of rotatable bonds is 2. The lowest BCUT2D eigenvalue weighted by atomic mass is 9.94. The first-order chi connectivity index (χ1) is 6.11. The molecule has 0 bridgehead atoms. The molecular formula is C8H17NO4. The number of aliphatic hydroxyl groups excluding tert-OH is 4. The Morgan fingerprint density at radius 3 is 2.31 bits per heavy atom. The molecule has 0 amide bonds. The van der Waals surface area contributed by atoms with Gasteiger partial charge in [-0.3, -0.25) is 4.90 Å². The van der Waals surface area contributed by atoms with Gasteiger partial charge in [-0.2, -0.15) is 0 Å². The first-order valence-corrected chi connectivity index (χ1v) is 4.51. The van der Waals surface area contributed by atoms with Gasteiger partial charge in [0, 0.05) is 6.54 Å². The molecule has 0 aromatic carbocycles. The van der Waals surface area contributed by atoms with Crippen molar-refractivity contribution in [3.8, 4) is 0 Å². The maximum absolute atomic E-state index is 9.50. The maximum atomic E-state index is 9.50. The second-order valence-corrected chi connectivity index (χ2v) is 3.39. The predicted octanol–water partition coefficient (Wildman–Crippen LogP) is -2.23. The van der Waals surface area contributed by atoms with Crippen LogP contribution >= 0.6 is 0 Å². The highest BCUT2D eigenvalue weighted by atomic mass is 16.4. The molecule has 1 saturated heterocycles. The number of hydrogen-bond acceptors (Lipinski definition) is 5. The van der Waals surface area contributed by atoms with Gasteiger partial charge in [0.25, 0.3) is 0 Å². The molecular weight excluding hydrogens is 174 g/mol. The summed E-state index contributed by atoms with van der Waals surface area (Å²) < 4.78 is 0. The fraction of sp³-hybridized carbons (Fsp3) is 1.00. The fourth-order valence-electron chi connectivity index (χ4n) is 1.74. The van der Waals surface area contributed by atoms with Crippen LogP contribution in [0, 0.1) is 0 Å². The normalized spacial score (nSPS) is 42.2.